The number of nitrogens with two attached hydrogens (primary N) is 1. The van der Waals surface area contributed by atoms with Gasteiger partial charge in [-0.05, 0) is 49.4 Å². The van der Waals surface area contributed by atoms with Gasteiger partial charge >= 0.3 is 0 Å². The van der Waals surface area contributed by atoms with Gasteiger partial charge in [0.25, 0.3) is 5.82 Å². The standard InChI is InChI=1S/C17H12FN3O/c1-10-2-7-16(22-10)13-8-15(21-17(20)14(13)9-19)11-3-5-12(18)6-4-11/h2-8H,1H3,(H2,20,21)/p+1. The van der Waals surface area contributed by atoms with Crippen molar-refractivity contribution in [2.24, 2.45) is 0 Å². The van der Waals surface area contributed by atoms with Gasteiger partial charge in [0.2, 0.25) is 0 Å². The number of aromatic nitrogens is 1. The predicted molar refractivity (Wildman–Crippen MR) is 80.0 cm³/mol. The van der Waals surface area contributed by atoms with E-state index in [0.29, 0.717) is 22.6 Å². The van der Waals surface area contributed by atoms with Crippen molar-refractivity contribution in [2.75, 3.05) is 5.73 Å². The second-order valence-electron chi connectivity index (χ2n) is 4.91. The van der Waals surface area contributed by atoms with E-state index in [0.717, 1.165) is 11.3 Å². The van der Waals surface area contributed by atoms with Gasteiger partial charge in [-0.15, -0.1) is 0 Å². The monoisotopic (exact) mass is 294 g/mol. The molecule has 2 heterocycles. The van der Waals surface area contributed by atoms with Crippen LogP contribution in [0.2, 0.25) is 0 Å². The topological polar surface area (TPSA) is 77.1 Å². The van der Waals surface area contributed by atoms with E-state index in [1.54, 1.807) is 24.3 Å². The first kappa shape index (κ1) is 13.8. The average molecular weight is 294 g/mol. The Morgan fingerprint density at radius 3 is 2.50 bits per heavy atom. The molecule has 0 saturated carbocycles. The van der Waals surface area contributed by atoms with Crippen LogP contribution >= 0.6 is 0 Å². The largest absolute Gasteiger partial charge is 0.461 e. The summed E-state index contributed by atoms with van der Waals surface area (Å²) in [5, 5.41) is 9.32. The third-order valence-electron chi connectivity index (χ3n) is 3.37. The maximum absolute atomic E-state index is 13.1. The molecule has 5 heteroatoms. The first-order valence-corrected chi connectivity index (χ1v) is 6.67. The number of pyridine rings is 1. The minimum absolute atomic E-state index is 0.244. The molecule has 0 atom stereocenters. The smallest absolute Gasteiger partial charge is 0.289 e. The Morgan fingerprint density at radius 2 is 1.91 bits per heavy atom. The summed E-state index contributed by atoms with van der Waals surface area (Å²) < 4.78 is 18.7. The fourth-order valence-corrected chi connectivity index (χ4v) is 2.28. The minimum atomic E-state index is -0.313. The van der Waals surface area contributed by atoms with E-state index < -0.39 is 0 Å². The summed E-state index contributed by atoms with van der Waals surface area (Å²) in [5.41, 5.74) is 8.32. The Labute approximate surface area is 126 Å². The SMILES string of the molecule is Cc1ccc(-c2cc(-c3ccc(F)cc3)[nH+]c(N)c2C#N)o1. The quantitative estimate of drug-likeness (QED) is 0.787. The number of benzene rings is 1. The number of nitriles is 1. The Morgan fingerprint density at radius 1 is 1.18 bits per heavy atom. The van der Waals surface area contributed by atoms with Crippen molar-refractivity contribution < 1.29 is 13.8 Å². The van der Waals surface area contributed by atoms with E-state index in [4.69, 9.17) is 10.2 Å². The van der Waals surface area contributed by atoms with Gasteiger partial charge in [-0.1, -0.05) is 0 Å². The van der Waals surface area contributed by atoms with Gasteiger partial charge in [0.05, 0.1) is 0 Å². The lowest BCUT2D eigenvalue weighted by Gasteiger charge is -2.05. The summed E-state index contributed by atoms with van der Waals surface area (Å²) in [5.74, 6) is 1.24. The van der Waals surface area contributed by atoms with Crippen molar-refractivity contribution in [3.63, 3.8) is 0 Å². The lowest BCUT2D eigenvalue weighted by Crippen LogP contribution is -2.16. The lowest BCUT2D eigenvalue weighted by molar-refractivity contribution is -0.346. The molecular weight excluding hydrogens is 281 g/mol. The number of halogens is 1. The molecule has 0 unspecified atom stereocenters. The van der Waals surface area contributed by atoms with E-state index in [2.05, 4.69) is 11.1 Å². The summed E-state index contributed by atoms with van der Waals surface area (Å²) >= 11 is 0. The number of rotatable bonds is 2. The predicted octanol–water partition coefficient (Wildman–Crippen LogP) is 3.33. The molecular formula is C17H13FN3O+. The number of aromatic amines is 1. The summed E-state index contributed by atoms with van der Waals surface area (Å²) in [7, 11) is 0. The number of hydrogen-bond acceptors (Lipinski definition) is 3. The first-order chi connectivity index (χ1) is 10.6. The maximum atomic E-state index is 13.1. The highest BCUT2D eigenvalue weighted by Crippen LogP contribution is 2.30. The number of nitrogens with zero attached hydrogens (tertiary/aromatic N) is 1. The third-order valence-corrected chi connectivity index (χ3v) is 3.37. The molecule has 0 aliphatic carbocycles. The van der Waals surface area contributed by atoms with E-state index in [9.17, 15) is 9.65 Å². The zero-order valence-electron chi connectivity index (χ0n) is 11.9. The highest BCUT2D eigenvalue weighted by Gasteiger charge is 2.19. The summed E-state index contributed by atoms with van der Waals surface area (Å²) in [6, 6.07) is 13.5. The van der Waals surface area contributed by atoms with Crippen molar-refractivity contribution >= 4 is 5.82 Å². The van der Waals surface area contributed by atoms with Crippen LogP contribution in [-0.4, -0.2) is 0 Å². The summed E-state index contributed by atoms with van der Waals surface area (Å²) in [4.78, 5) is 2.97. The fourth-order valence-electron chi connectivity index (χ4n) is 2.28. The zero-order chi connectivity index (χ0) is 15.7. The molecule has 1 aromatic carbocycles. The molecule has 3 N–H and O–H groups in total. The van der Waals surface area contributed by atoms with Crippen LogP contribution in [0.3, 0.4) is 0 Å². The van der Waals surface area contributed by atoms with Crippen molar-refractivity contribution in [2.45, 2.75) is 6.92 Å². The highest BCUT2D eigenvalue weighted by atomic mass is 19.1. The van der Waals surface area contributed by atoms with Gasteiger partial charge in [-0.25, -0.2) is 9.37 Å². The number of H-pyrrole nitrogens is 1. The van der Waals surface area contributed by atoms with Gasteiger partial charge in [-0.3, -0.25) is 5.73 Å². The number of aryl methyl sites for hydroxylation is 1. The average Bonchev–Trinajstić information content (AvgIpc) is 2.93. The molecule has 108 valence electrons. The van der Waals surface area contributed by atoms with E-state index in [-0.39, 0.29) is 11.6 Å². The van der Waals surface area contributed by atoms with Gasteiger partial charge in [0.1, 0.15) is 29.1 Å². The summed E-state index contributed by atoms with van der Waals surface area (Å²) in [6.07, 6.45) is 0. The molecule has 0 fully saturated rings. The van der Waals surface area contributed by atoms with Crippen LogP contribution in [0.25, 0.3) is 22.6 Å². The number of furan rings is 1. The van der Waals surface area contributed by atoms with Gasteiger partial charge in [0, 0.05) is 11.1 Å². The highest BCUT2D eigenvalue weighted by molar-refractivity contribution is 5.75. The number of hydrogen-bond donors (Lipinski definition) is 1. The molecule has 0 spiro atoms. The Kier molecular flexibility index (Phi) is 3.36. The van der Waals surface area contributed by atoms with Crippen molar-refractivity contribution in [3.8, 4) is 28.7 Å². The van der Waals surface area contributed by atoms with Crippen LogP contribution in [0.5, 0.6) is 0 Å². The molecule has 0 saturated heterocycles. The van der Waals surface area contributed by atoms with Crippen LogP contribution in [0.1, 0.15) is 11.3 Å². The number of nitrogens with one attached hydrogen (secondary N) is 1. The molecule has 0 bridgehead atoms. The van der Waals surface area contributed by atoms with E-state index in [1.165, 1.54) is 12.1 Å². The van der Waals surface area contributed by atoms with Gasteiger partial charge in [0.15, 0.2) is 5.56 Å². The van der Waals surface area contributed by atoms with Crippen molar-refractivity contribution in [1.82, 2.24) is 0 Å². The molecule has 3 aromatic rings. The van der Waals surface area contributed by atoms with Crippen LogP contribution in [0.15, 0.2) is 46.9 Å². The van der Waals surface area contributed by atoms with Crippen LogP contribution < -0.4 is 10.7 Å². The molecule has 0 radical (unpaired) electrons. The molecule has 4 nitrogen and oxygen atoms in total. The minimum Gasteiger partial charge on any atom is -0.461 e. The molecule has 22 heavy (non-hydrogen) atoms. The number of anilines is 1. The molecule has 2 aromatic heterocycles. The fraction of sp³-hybridized carbons (Fsp3) is 0.0588. The van der Waals surface area contributed by atoms with E-state index in [1.807, 2.05) is 13.0 Å². The molecule has 3 rings (SSSR count). The van der Waals surface area contributed by atoms with Crippen molar-refractivity contribution in [1.29, 1.82) is 5.26 Å². The second-order valence-corrected chi connectivity index (χ2v) is 4.91. The molecule has 0 amide bonds. The zero-order valence-corrected chi connectivity index (χ0v) is 11.9. The maximum Gasteiger partial charge on any atom is 0.289 e. The van der Waals surface area contributed by atoms with Crippen LogP contribution in [0.4, 0.5) is 10.2 Å². The summed E-state index contributed by atoms with van der Waals surface area (Å²) in [6.45, 7) is 1.83. The number of nitrogen functional groups attached to an aromatic ring is 1. The normalized spacial score (nSPS) is 10.4. The Bertz CT molecular complexity index is 876. The van der Waals surface area contributed by atoms with Gasteiger partial charge < -0.3 is 4.42 Å². The first-order valence-electron chi connectivity index (χ1n) is 6.67. The molecule has 0 aliphatic rings. The third kappa shape index (κ3) is 2.42. The van der Waals surface area contributed by atoms with Crippen molar-refractivity contribution in [3.05, 3.63) is 59.6 Å². The Hall–Kier alpha value is -3.13. The van der Waals surface area contributed by atoms with Gasteiger partial charge in [-0.2, -0.15) is 5.26 Å². The lowest BCUT2D eigenvalue weighted by atomic mass is 10.0. The van der Waals surface area contributed by atoms with Crippen LogP contribution in [-0.2, 0) is 0 Å². The molecule has 0 aliphatic heterocycles. The second kappa shape index (κ2) is 5.34. The van der Waals surface area contributed by atoms with Crippen LogP contribution in [0, 0.1) is 24.1 Å². The Balaban J connectivity index is 2.20. The van der Waals surface area contributed by atoms with E-state index >= 15 is 0 Å².